The van der Waals surface area contributed by atoms with Crippen LogP contribution in [0.1, 0.15) is 11.1 Å². The molecule has 0 spiro atoms. The number of hydrogen-bond donors (Lipinski definition) is 2. The van der Waals surface area contributed by atoms with Crippen molar-refractivity contribution < 1.29 is 9.59 Å². The molecule has 0 bridgehead atoms. The molecular formula is C8H11O2Si. The van der Waals surface area contributed by atoms with Gasteiger partial charge in [0.2, 0.25) is 0 Å². The molecule has 0 atom stereocenters. The molecular weight excluding hydrogens is 156 g/mol. The highest BCUT2D eigenvalue weighted by atomic mass is 28.3. The van der Waals surface area contributed by atoms with E-state index in [2.05, 4.69) is 0 Å². The lowest BCUT2D eigenvalue weighted by molar-refractivity contribution is 0.425. The van der Waals surface area contributed by atoms with Gasteiger partial charge in [-0.1, -0.05) is 29.3 Å². The van der Waals surface area contributed by atoms with E-state index in [1.807, 2.05) is 19.9 Å². The van der Waals surface area contributed by atoms with Crippen LogP contribution in [0.25, 0.3) is 0 Å². The van der Waals surface area contributed by atoms with Crippen molar-refractivity contribution in [3.8, 4) is 0 Å². The summed E-state index contributed by atoms with van der Waals surface area (Å²) >= 11 is 0. The van der Waals surface area contributed by atoms with Gasteiger partial charge in [-0.3, -0.25) is 0 Å². The Bertz CT molecular complexity index is 238. The Morgan fingerprint density at radius 2 is 1.45 bits per heavy atom. The molecule has 0 aliphatic heterocycles. The molecule has 1 rings (SSSR count). The van der Waals surface area contributed by atoms with Crippen LogP contribution in [0.2, 0.25) is 0 Å². The van der Waals surface area contributed by atoms with E-state index in [1.165, 1.54) is 0 Å². The Labute approximate surface area is 68.0 Å². The largest absolute Gasteiger partial charge is 0.417 e. The van der Waals surface area contributed by atoms with Gasteiger partial charge in [-0.25, -0.2) is 0 Å². The predicted octanol–water partition coefficient (Wildman–Crippen LogP) is -0.0168. The number of hydrogen-bond acceptors (Lipinski definition) is 2. The highest BCUT2D eigenvalue weighted by Gasteiger charge is 2.08. The fraction of sp³-hybridized carbons (Fsp3) is 0.250. The van der Waals surface area contributed by atoms with E-state index in [1.54, 1.807) is 12.1 Å². The van der Waals surface area contributed by atoms with Gasteiger partial charge in [0, 0.05) is 0 Å². The maximum absolute atomic E-state index is 8.93. The lowest BCUT2D eigenvalue weighted by atomic mass is 10.2. The van der Waals surface area contributed by atoms with Crippen LogP contribution in [-0.4, -0.2) is 18.9 Å². The van der Waals surface area contributed by atoms with Gasteiger partial charge in [0.25, 0.3) is 0 Å². The second kappa shape index (κ2) is 3.17. The van der Waals surface area contributed by atoms with Gasteiger partial charge in [-0.05, 0) is 19.0 Å². The Morgan fingerprint density at radius 1 is 1.00 bits per heavy atom. The van der Waals surface area contributed by atoms with Crippen LogP contribution in [-0.2, 0) is 0 Å². The van der Waals surface area contributed by atoms with E-state index >= 15 is 0 Å². The summed E-state index contributed by atoms with van der Waals surface area (Å²) in [6.07, 6.45) is 0. The quantitative estimate of drug-likeness (QED) is 0.577. The molecule has 0 amide bonds. The summed E-state index contributed by atoms with van der Waals surface area (Å²) in [4.78, 5) is 17.9. The normalized spacial score (nSPS) is 10.6. The summed E-state index contributed by atoms with van der Waals surface area (Å²) < 4.78 is 0. The molecule has 1 aromatic carbocycles. The van der Waals surface area contributed by atoms with Gasteiger partial charge in [-0.2, -0.15) is 0 Å². The Morgan fingerprint density at radius 3 is 1.82 bits per heavy atom. The summed E-state index contributed by atoms with van der Waals surface area (Å²) in [5.41, 5.74) is 2.15. The van der Waals surface area contributed by atoms with Crippen molar-refractivity contribution in [2.45, 2.75) is 13.8 Å². The molecule has 11 heavy (non-hydrogen) atoms. The standard InChI is InChI=1S/C8H11O2Si/c1-6-3-7(2)5-8(4-6)11(9)10/h3-5,9-10H,1-2H3. The Balaban J connectivity index is 3.08. The topological polar surface area (TPSA) is 40.5 Å². The molecule has 0 saturated heterocycles. The Hall–Kier alpha value is -0.643. The van der Waals surface area contributed by atoms with Crippen LogP contribution in [0.3, 0.4) is 0 Å². The molecule has 0 fully saturated rings. The summed E-state index contributed by atoms with van der Waals surface area (Å²) in [6, 6.07) is 5.62. The molecule has 2 N–H and O–H groups in total. The molecule has 0 aliphatic carbocycles. The van der Waals surface area contributed by atoms with Gasteiger partial charge < -0.3 is 9.59 Å². The van der Waals surface area contributed by atoms with E-state index in [0.717, 1.165) is 11.1 Å². The van der Waals surface area contributed by atoms with Crippen molar-refractivity contribution >= 4 is 14.5 Å². The van der Waals surface area contributed by atoms with Crippen molar-refractivity contribution in [1.29, 1.82) is 0 Å². The maximum atomic E-state index is 8.93. The van der Waals surface area contributed by atoms with Gasteiger partial charge in [0.15, 0.2) is 0 Å². The van der Waals surface area contributed by atoms with Crippen molar-refractivity contribution in [3.63, 3.8) is 0 Å². The third-order valence-electron chi connectivity index (χ3n) is 1.48. The third kappa shape index (κ3) is 2.15. The first-order chi connectivity index (χ1) is 5.09. The SMILES string of the molecule is Cc1cc(C)cc([Si](O)O)c1. The van der Waals surface area contributed by atoms with Crippen molar-refractivity contribution in [3.05, 3.63) is 29.3 Å². The van der Waals surface area contributed by atoms with Crippen LogP contribution in [0.4, 0.5) is 0 Å². The van der Waals surface area contributed by atoms with Gasteiger partial charge in [0.05, 0.1) is 0 Å². The van der Waals surface area contributed by atoms with Crippen LogP contribution in [0, 0.1) is 13.8 Å². The summed E-state index contributed by atoms with van der Waals surface area (Å²) in [5.74, 6) is 0. The fourth-order valence-corrected chi connectivity index (χ4v) is 1.82. The van der Waals surface area contributed by atoms with E-state index < -0.39 is 9.28 Å². The van der Waals surface area contributed by atoms with Crippen molar-refractivity contribution in [2.75, 3.05) is 0 Å². The number of benzene rings is 1. The average molecular weight is 167 g/mol. The molecule has 0 heterocycles. The monoisotopic (exact) mass is 167 g/mol. The highest BCUT2D eigenvalue weighted by Crippen LogP contribution is 1.99. The zero-order chi connectivity index (χ0) is 8.43. The predicted molar refractivity (Wildman–Crippen MR) is 45.7 cm³/mol. The summed E-state index contributed by atoms with van der Waals surface area (Å²) in [7, 11) is -2.26. The summed E-state index contributed by atoms with van der Waals surface area (Å²) in [6.45, 7) is 3.89. The van der Waals surface area contributed by atoms with Crippen LogP contribution >= 0.6 is 0 Å². The first-order valence-corrected chi connectivity index (χ1v) is 4.82. The first-order valence-electron chi connectivity index (χ1n) is 3.43. The third-order valence-corrected chi connectivity index (χ3v) is 2.28. The molecule has 2 nitrogen and oxygen atoms in total. The molecule has 0 aromatic heterocycles. The molecule has 59 valence electrons. The second-order valence-corrected chi connectivity index (χ2v) is 3.92. The fourth-order valence-electron chi connectivity index (χ4n) is 1.10. The minimum absolute atomic E-state index is 0.660. The summed E-state index contributed by atoms with van der Waals surface area (Å²) in [5, 5.41) is 0.660. The van der Waals surface area contributed by atoms with Gasteiger partial charge >= 0.3 is 9.28 Å². The van der Waals surface area contributed by atoms with E-state index in [4.69, 9.17) is 9.59 Å². The molecule has 0 saturated carbocycles. The minimum atomic E-state index is -2.26. The number of rotatable bonds is 1. The lowest BCUT2D eigenvalue weighted by Gasteiger charge is -2.02. The molecule has 0 unspecified atom stereocenters. The second-order valence-electron chi connectivity index (χ2n) is 2.70. The van der Waals surface area contributed by atoms with Crippen molar-refractivity contribution in [2.24, 2.45) is 0 Å². The highest BCUT2D eigenvalue weighted by molar-refractivity contribution is 6.58. The Kier molecular flexibility index (Phi) is 2.44. The van der Waals surface area contributed by atoms with Crippen LogP contribution < -0.4 is 5.19 Å². The van der Waals surface area contributed by atoms with Crippen LogP contribution in [0.5, 0.6) is 0 Å². The van der Waals surface area contributed by atoms with Crippen molar-refractivity contribution in [1.82, 2.24) is 0 Å². The molecule has 3 heteroatoms. The molecule has 1 radical (unpaired) electrons. The van der Waals surface area contributed by atoms with E-state index in [9.17, 15) is 0 Å². The van der Waals surface area contributed by atoms with Gasteiger partial charge in [-0.15, -0.1) is 0 Å². The molecule has 0 aliphatic rings. The maximum Gasteiger partial charge on any atom is 0.417 e. The van der Waals surface area contributed by atoms with Gasteiger partial charge in [0.1, 0.15) is 0 Å². The minimum Gasteiger partial charge on any atom is -0.406 e. The van der Waals surface area contributed by atoms with E-state index in [-0.39, 0.29) is 0 Å². The first kappa shape index (κ1) is 8.45. The van der Waals surface area contributed by atoms with Crippen LogP contribution in [0.15, 0.2) is 18.2 Å². The molecule has 1 aromatic rings. The average Bonchev–Trinajstić information content (AvgIpc) is 1.85. The van der Waals surface area contributed by atoms with E-state index in [0.29, 0.717) is 5.19 Å². The zero-order valence-electron chi connectivity index (χ0n) is 6.63. The zero-order valence-corrected chi connectivity index (χ0v) is 7.63. The lowest BCUT2D eigenvalue weighted by Crippen LogP contribution is -2.30. The number of aryl methyl sites for hydroxylation is 2. The smallest absolute Gasteiger partial charge is 0.406 e.